The van der Waals surface area contributed by atoms with Crippen molar-refractivity contribution in [3.05, 3.63) is 84.0 Å². The molecule has 172 valence electrons. The second-order valence-electron chi connectivity index (χ2n) is 8.44. The minimum Gasteiger partial charge on any atom is -0.456 e. The molecule has 8 heteroatoms. The SMILES string of the molecule is CN(C)CCn1cc(C(=O)Cn2cnc3cc(Cl)ccc32)c2ccc(Oc3cccnc3)cc21. The van der Waals surface area contributed by atoms with Crippen molar-refractivity contribution in [1.29, 1.82) is 0 Å². The van der Waals surface area contributed by atoms with E-state index in [0.717, 1.165) is 35.0 Å². The lowest BCUT2D eigenvalue weighted by molar-refractivity contribution is 0.0974. The molecule has 0 aliphatic rings. The Bertz CT molecular complexity index is 1470. The third kappa shape index (κ3) is 4.53. The Morgan fingerprint density at radius 2 is 1.94 bits per heavy atom. The summed E-state index contributed by atoms with van der Waals surface area (Å²) in [5.41, 5.74) is 3.28. The summed E-state index contributed by atoms with van der Waals surface area (Å²) in [6.07, 6.45) is 7.01. The first-order valence-corrected chi connectivity index (χ1v) is 11.3. The molecule has 2 aromatic carbocycles. The third-order valence-electron chi connectivity index (χ3n) is 5.71. The van der Waals surface area contributed by atoms with E-state index >= 15 is 0 Å². The fraction of sp³-hybridized carbons (Fsp3) is 0.192. The minimum atomic E-state index is 0.0174. The number of Topliss-reactive ketones (excluding diaryl/α,β-unsaturated/α-hetero) is 1. The standard InChI is InChI=1S/C26H24ClN5O2/c1-30(2)10-11-31-15-22(26(33)16-32-17-29-23-12-18(27)5-8-24(23)32)21-7-6-19(13-25(21)31)34-20-4-3-9-28-14-20/h3-9,12-15,17H,10-11,16H2,1-2H3. The van der Waals surface area contributed by atoms with E-state index in [1.807, 2.05) is 67.3 Å². The summed E-state index contributed by atoms with van der Waals surface area (Å²) in [6.45, 7) is 1.79. The molecule has 34 heavy (non-hydrogen) atoms. The lowest BCUT2D eigenvalue weighted by Gasteiger charge is -2.12. The number of pyridine rings is 1. The Morgan fingerprint density at radius 1 is 1.06 bits per heavy atom. The third-order valence-corrected chi connectivity index (χ3v) is 5.94. The number of imidazole rings is 1. The van der Waals surface area contributed by atoms with Gasteiger partial charge in [0.15, 0.2) is 5.78 Å². The van der Waals surface area contributed by atoms with Crippen LogP contribution in [-0.2, 0) is 13.1 Å². The van der Waals surface area contributed by atoms with E-state index in [9.17, 15) is 4.79 Å². The van der Waals surface area contributed by atoms with Crippen molar-refractivity contribution in [2.45, 2.75) is 13.1 Å². The molecule has 0 amide bonds. The Labute approximate surface area is 202 Å². The topological polar surface area (TPSA) is 65.2 Å². The van der Waals surface area contributed by atoms with E-state index in [1.54, 1.807) is 24.8 Å². The van der Waals surface area contributed by atoms with E-state index in [-0.39, 0.29) is 12.3 Å². The van der Waals surface area contributed by atoms with Crippen LogP contribution in [0.3, 0.4) is 0 Å². The van der Waals surface area contributed by atoms with Crippen LogP contribution in [0.15, 0.2) is 73.4 Å². The number of nitrogens with zero attached hydrogens (tertiary/aromatic N) is 5. The van der Waals surface area contributed by atoms with E-state index in [1.165, 1.54) is 0 Å². The van der Waals surface area contributed by atoms with Gasteiger partial charge in [-0.3, -0.25) is 9.78 Å². The van der Waals surface area contributed by atoms with Gasteiger partial charge in [0, 0.05) is 47.5 Å². The molecule has 5 aromatic rings. The van der Waals surface area contributed by atoms with Crippen LogP contribution >= 0.6 is 11.6 Å². The molecule has 0 radical (unpaired) electrons. The molecule has 0 aliphatic heterocycles. The smallest absolute Gasteiger partial charge is 0.184 e. The van der Waals surface area contributed by atoms with Gasteiger partial charge in [0.05, 0.1) is 35.6 Å². The summed E-state index contributed by atoms with van der Waals surface area (Å²) < 4.78 is 9.96. The average molecular weight is 474 g/mol. The highest BCUT2D eigenvalue weighted by Crippen LogP contribution is 2.29. The number of fused-ring (bicyclic) bond motifs is 2. The second-order valence-corrected chi connectivity index (χ2v) is 8.87. The van der Waals surface area contributed by atoms with Crippen LogP contribution in [0.4, 0.5) is 0 Å². The van der Waals surface area contributed by atoms with Crippen LogP contribution < -0.4 is 4.74 Å². The van der Waals surface area contributed by atoms with Crippen molar-refractivity contribution in [2.75, 3.05) is 20.6 Å². The zero-order valence-electron chi connectivity index (χ0n) is 19.0. The van der Waals surface area contributed by atoms with Crippen LogP contribution in [0.25, 0.3) is 21.9 Å². The van der Waals surface area contributed by atoms with E-state index in [2.05, 4.69) is 19.4 Å². The molecule has 0 unspecified atom stereocenters. The highest BCUT2D eigenvalue weighted by atomic mass is 35.5. The van der Waals surface area contributed by atoms with Gasteiger partial charge < -0.3 is 18.8 Å². The molecule has 0 atom stereocenters. The van der Waals surface area contributed by atoms with Gasteiger partial charge in [-0.2, -0.15) is 0 Å². The normalized spacial score (nSPS) is 11.5. The van der Waals surface area contributed by atoms with E-state index in [0.29, 0.717) is 22.1 Å². The predicted molar refractivity (Wildman–Crippen MR) is 134 cm³/mol. The summed E-state index contributed by atoms with van der Waals surface area (Å²) in [6, 6.07) is 15.0. The number of carbonyl (C=O) groups excluding carboxylic acids is 1. The van der Waals surface area contributed by atoms with Crippen molar-refractivity contribution in [1.82, 2.24) is 24.0 Å². The number of halogens is 1. The first kappa shape index (κ1) is 22.1. The first-order chi connectivity index (χ1) is 16.5. The molecule has 7 nitrogen and oxygen atoms in total. The second kappa shape index (κ2) is 9.29. The maximum atomic E-state index is 13.4. The Morgan fingerprint density at radius 3 is 2.74 bits per heavy atom. The molecular formula is C26H24ClN5O2. The molecule has 5 rings (SSSR count). The monoisotopic (exact) mass is 473 g/mol. The van der Waals surface area contributed by atoms with Crippen molar-refractivity contribution in [3.8, 4) is 11.5 Å². The van der Waals surface area contributed by atoms with Gasteiger partial charge in [-0.1, -0.05) is 11.6 Å². The molecule has 3 aromatic heterocycles. The summed E-state index contributed by atoms with van der Waals surface area (Å²) >= 11 is 6.08. The number of likely N-dealkylation sites (N-methyl/N-ethyl adjacent to an activating group) is 1. The lowest BCUT2D eigenvalue weighted by atomic mass is 10.1. The number of rotatable bonds is 8. The molecule has 0 saturated heterocycles. The molecule has 0 saturated carbocycles. The number of hydrogen-bond acceptors (Lipinski definition) is 5. The number of ketones is 1. The van der Waals surface area contributed by atoms with E-state index in [4.69, 9.17) is 16.3 Å². The fourth-order valence-electron chi connectivity index (χ4n) is 4.00. The number of hydrogen-bond donors (Lipinski definition) is 0. The largest absolute Gasteiger partial charge is 0.456 e. The average Bonchev–Trinajstić information content (AvgIpc) is 3.39. The predicted octanol–water partition coefficient (Wildman–Crippen LogP) is 5.28. The number of benzene rings is 2. The van der Waals surface area contributed by atoms with Crippen LogP contribution in [0.2, 0.25) is 5.02 Å². The van der Waals surface area contributed by atoms with Gasteiger partial charge in [-0.05, 0) is 56.6 Å². The molecule has 0 spiro atoms. The maximum absolute atomic E-state index is 13.4. The first-order valence-electron chi connectivity index (χ1n) is 11.0. The highest BCUT2D eigenvalue weighted by molar-refractivity contribution is 6.31. The molecule has 3 heterocycles. The minimum absolute atomic E-state index is 0.0174. The molecular weight excluding hydrogens is 450 g/mol. The van der Waals surface area contributed by atoms with Gasteiger partial charge in [0.25, 0.3) is 0 Å². The Balaban J connectivity index is 1.49. The highest BCUT2D eigenvalue weighted by Gasteiger charge is 2.18. The summed E-state index contributed by atoms with van der Waals surface area (Å²) in [5, 5.41) is 1.52. The quantitative estimate of drug-likeness (QED) is 0.287. The van der Waals surface area contributed by atoms with Crippen molar-refractivity contribution >= 4 is 39.3 Å². The zero-order chi connectivity index (χ0) is 23.7. The zero-order valence-corrected chi connectivity index (χ0v) is 19.7. The van der Waals surface area contributed by atoms with Crippen LogP contribution in [0.1, 0.15) is 10.4 Å². The van der Waals surface area contributed by atoms with Crippen LogP contribution in [0.5, 0.6) is 11.5 Å². The van der Waals surface area contributed by atoms with Crippen LogP contribution in [-0.4, -0.2) is 50.4 Å². The molecule has 0 bridgehead atoms. The van der Waals surface area contributed by atoms with Gasteiger partial charge >= 0.3 is 0 Å². The van der Waals surface area contributed by atoms with E-state index < -0.39 is 0 Å². The summed E-state index contributed by atoms with van der Waals surface area (Å²) in [7, 11) is 4.07. The van der Waals surface area contributed by atoms with Gasteiger partial charge in [0.2, 0.25) is 0 Å². The van der Waals surface area contributed by atoms with Crippen molar-refractivity contribution < 1.29 is 9.53 Å². The lowest BCUT2D eigenvalue weighted by Crippen LogP contribution is -2.18. The van der Waals surface area contributed by atoms with Gasteiger partial charge in [-0.15, -0.1) is 0 Å². The number of ether oxygens (including phenoxy) is 1. The summed E-state index contributed by atoms with van der Waals surface area (Å²) in [4.78, 5) is 24.0. The maximum Gasteiger partial charge on any atom is 0.184 e. The van der Waals surface area contributed by atoms with Gasteiger partial charge in [-0.25, -0.2) is 4.98 Å². The number of carbonyl (C=O) groups is 1. The van der Waals surface area contributed by atoms with Crippen LogP contribution in [0, 0.1) is 0 Å². The number of aromatic nitrogens is 4. The van der Waals surface area contributed by atoms with Crippen molar-refractivity contribution in [3.63, 3.8) is 0 Å². The van der Waals surface area contributed by atoms with Crippen molar-refractivity contribution in [2.24, 2.45) is 0 Å². The Kier molecular flexibility index (Phi) is 6.04. The fourth-order valence-corrected chi connectivity index (χ4v) is 4.16. The van der Waals surface area contributed by atoms with Gasteiger partial charge in [0.1, 0.15) is 11.5 Å². The molecule has 0 N–H and O–H groups in total. The molecule has 0 fully saturated rings. The summed E-state index contributed by atoms with van der Waals surface area (Å²) in [5.74, 6) is 1.38. The molecule has 0 aliphatic carbocycles. The Hall–Kier alpha value is -3.68.